The van der Waals surface area contributed by atoms with Crippen molar-refractivity contribution < 1.29 is 9.90 Å². The predicted molar refractivity (Wildman–Crippen MR) is 88.4 cm³/mol. The van der Waals surface area contributed by atoms with Crippen molar-refractivity contribution in [3.63, 3.8) is 0 Å². The van der Waals surface area contributed by atoms with Gasteiger partial charge in [0.05, 0.1) is 6.21 Å². The van der Waals surface area contributed by atoms with Crippen LogP contribution in [-0.2, 0) is 4.79 Å². The van der Waals surface area contributed by atoms with E-state index in [0.29, 0.717) is 10.6 Å². The van der Waals surface area contributed by atoms with Crippen LogP contribution in [0.5, 0.6) is 5.75 Å². The van der Waals surface area contributed by atoms with Gasteiger partial charge in [-0.15, -0.1) is 0 Å². The number of carbonyl (C=O) groups is 1. The number of hydrogen-bond acceptors (Lipinski definition) is 4. The second kappa shape index (κ2) is 7.47. The maximum atomic E-state index is 11.9. The normalized spacial score (nSPS) is 12.1. The summed E-state index contributed by atoms with van der Waals surface area (Å²) in [5.74, 6) is -0.186. The molecule has 2 aromatic carbocycles. The third-order valence-corrected chi connectivity index (χ3v) is 3.19. The van der Waals surface area contributed by atoms with E-state index in [1.807, 2.05) is 0 Å². The minimum absolute atomic E-state index is 0.104. The lowest BCUT2D eigenvalue weighted by molar-refractivity contribution is -0.121. The molecule has 0 fully saturated rings. The molecule has 1 atom stereocenters. The van der Waals surface area contributed by atoms with Gasteiger partial charge in [0.2, 0.25) is 0 Å². The van der Waals surface area contributed by atoms with E-state index in [0.717, 1.165) is 5.69 Å². The van der Waals surface area contributed by atoms with Crippen molar-refractivity contribution >= 4 is 29.4 Å². The van der Waals surface area contributed by atoms with Gasteiger partial charge in [-0.1, -0.05) is 23.7 Å². The predicted octanol–water partition coefficient (Wildman–Crippen LogP) is 3.00. The Balaban J connectivity index is 1.89. The summed E-state index contributed by atoms with van der Waals surface area (Å²) in [7, 11) is 0. The lowest BCUT2D eigenvalue weighted by atomic mass is 10.2. The highest BCUT2D eigenvalue weighted by Crippen LogP contribution is 2.14. The van der Waals surface area contributed by atoms with Crippen LogP contribution < -0.4 is 10.7 Å². The Morgan fingerprint density at radius 1 is 1.23 bits per heavy atom. The molecule has 2 rings (SSSR count). The topological polar surface area (TPSA) is 73.7 Å². The van der Waals surface area contributed by atoms with E-state index in [1.54, 1.807) is 55.5 Å². The number of anilines is 1. The van der Waals surface area contributed by atoms with E-state index in [9.17, 15) is 9.90 Å². The number of aromatic hydroxyl groups is 1. The number of amides is 1. The maximum absolute atomic E-state index is 11.9. The van der Waals surface area contributed by atoms with E-state index in [-0.39, 0.29) is 11.7 Å². The standard InChI is InChI=1S/C16H16ClN3O2/c1-11(19-14-8-6-13(17)7-9-14)16(22)20-18-10-12-4-2-3-5-15(12)21/h2-11,19,21H,1H3,(H,20,22)/b18-10-/t11-/m1/s1. The van der Waals surface area contributed by atoms with Crippen molar-refractivity contribution in [2.75, 3.05) is 5.32 Å². The molecule has 1 amide bonds. The number of nitrogens with one attached hydrogen (secondary N) is 2. The minimum Gasteiger partial charge on any atom is -0.507 e. The van der Waals surface area contributed by atoms with E-state index in [1.165, 1.54) is 6.21 Å². The molecule has 0 saturated carbocycles. The van der Waals surface area contributed by atoms with Crippen LogP contribution >= 0.6 is 11.6 Å². The van der Waals surface area contributed by atoms with Crippen molar-refractivity contribution in [2.24, 2.45) is 5.10 Å². The smallest absolute Gasteiger partial charge is 0.262 e. The van der Waals surface area contributed by atoms with Crippen molar-refractivity contribution in [2.45, 2.75) is 13.0 Å². The minimum atomic E-state index is -0.470. The molecular weight excluding hydrogens is 302 g/mol. The fourth-order valence-corrected chi connectivity index (χ4v) is 1.85. The number of halogens is 1. The Morgan fingerprint density at radius 3 is 2.59 bits per heavy atom. The molecule has 0 unspecified atom stereocenters. The van der Waals surface area contributed by atoms with Gasteiger partial charge in [0.25, 0.3) is 5.91 Å². The lowest BCUT2D eigenvalue weighted by Crippen LogP contribution is -2.34. The van der Waals surface area contributed by atoms with Crippen molar-refractivity contribution in [1.29, 1.82) is 0 Å². The Labute approximate surface area is 133 Å². The number of phenolic OH excluding ortho intramolecular Hbond substituents is 1. The average Bonchev–Trinajstić information content (AvgIpc) is 2.51. The van der Waals surface area contributed by atoms with Crippen LogP contribution in [0.15, 0.2) is 53.6 Å². The summed E-state index contributed by atoms with van der Waals surface area (Å²) in [4.78, 5) is 11.9. The summed E-state index contributed by atoms with van der Waals surface area (Å²) in [6, 6.07) is 13.3. The molecule has 5 nitrogen and oxygen atoms in total. The third-order valence-electron chi connectivity index (χ3n) is 2.94. The lowest BCUT2D eigenvalue weighted by Gasteiger charge is -2.13. The zero-order chi connectivity index (χ0) is 15.9. The molecule has 6 heteroatoms. The van der Waals surface area contributed by atoms with Crippen molar-refractivity contribution in [1.82, 2.24) is 5.43 Å². The fraction of sp³-hybridized carbons (Fsp3) is 0.125. The van der Waals surface area contributed by atoms with Crippen LogP contribution in [0.3, 0.4) is 0 Å². The summed E-state index contributed by atoms with van der Waals surface area (Å²) < 4.78 is 0. The molecule has 2 aromatic rings. The molecule has 0 aliphatic carbocycles. The van der Waals surface area contributed by atoms with Crippen LogP contribution in [-0.4, -0.2) is 23.3 Å². The summed E-state index contributed by atoms with van der Waals surface area (Å²) in [5.41, 5.74) is 3.74. The zero-order valence-corrected chi connectivity index (χ0v) is 12.7. The van der Waals surface area contributed by atoms with Crippen LogP contribution in [0.1, 0.15) is 12.5 Å². The Morgan fingerprint density at radius 2 is 1.91 bits per heavy atom. The number of phenols is 1. The molecule has 0 aliphatic rings. The highest BCUT2D eigenvalue weighted by atomic mass is 35.5. The van der Waals surface area contributed by atoms with Gasteiger partial charge in [-0.3, -0.25) is 4.79 Å². The molecule has 0 spiro atoms. The SMILES string of the molecule is C[C@@H](Nc1ccc(Cl)cc1)C(=O)N/N=C\c1ccccc1O. The summed E-state index contributed by atoms with van der Waals surface area (Å²) in [6.45, 7) is 1.72. The molecular formula is C16H16ClN3O2. The summed E-state index contributed by atoms with van der Waals surface area (Å²) in [6.07, 6.45) is 1.39. The van der Waals surface area contributed by atoms with Gasteiger partial charge >= 0.3 is 0 Å². The molecule has 0 saturated heterocycles. The molecule has 114 valence electrons. The zero-order valence-electron chi connectivity index (χ0n) is 12.0. The number of hydrogen-bond donors (Lipinski definition) is 3. The van der Waals surface area contributed by atoms with Gasteiger partial charge < -0.3 is 10.4 Å². The molecule has 22 heavy (non-hydrogen) atoms. The van der Waals surface area contributed by atoms with Crippen LogP contribution in [0.25, 0.3) is 0 Å². The first-order valence-corrected chi connectivity index (χ1v) is 7.07. The summed E-state index contributed by atoms with van der Waals surface area (Å²) >= 11 is 5.80. The molecule has 0 aliphatic heterocycles. The second-order valence-corrected chi connectivity index (χ2v) is 5.10. The van der Waals surface area contributed by atoms with Gasteiger partial charge in [-0.25, -0.2) is 5.43 Å². The summed E-state index contributed by atoms with van der Waals surface area (Å²) in [5, 5.41) is 17.1. The van der Waals surface area contributed by atoms with Crippen LogP contribution in [0.2, 0.25) is 5.02 Å². The van der Waals surface area contributed by atoms with Gasteiger partial charge in [0, 0.05) is 16.3 Å². The highest BCUT2D eigenvalue weighted by molar-refractivity contribution is 6.30. The molecule has 0 bridgehead atoms. The number of rotatable bonds is 5. The van der Waals surface area contributed by atoms with Gasteiger partial charge in [-0.05, 0) is 43.3 Å². The van der Waals surface area contributed by atoms with Crippen LogP contribution in [0, 0.1) is 0 Å². The third kappa shape index (κ3) is 4.49. The molecule has 3 N–H and O–H groups in total. The largest absolute Gasteiger partial charge is 0.507 e. The Hall–Kier alpha value is -2.53. The first kappa shape index (κ1) is 15.9. The van der Waals surface area contributed by atoms with E-state index in [2.05, 4.69) is 15.8 Å². The number of para-hydroxylation sites is 1. The number of carbonyl (C=O) groups excluding carboxylic acids is 1. The van der Waals surface area contributed by atoms with E-state index in [4.69, 9.17) is 11.6 Å². The molecule has 0 aromatic heterocycles. The second-order valence-electron chi connectivity index (χ2n) is 4.67. The molecule has 0 heterocycles. The van der Waals surface area contributed by atoms with E-state index >= 15 is 0 Å². The number of benzene rings is 2. The Bertz CT molecular complexity index is 671. The highest BCUT2D eigenvalue weighted by Gasteiger charge is 2.11. The van der Waals surface area contributed by atoms with Crippen molar-refractivity contribution in [3.05, 3.63) is 59.1 Å². The average molecular weight is 318 g/mol. The molecule has 0 radical (unpaired) electrons. The van der Waals surface area contributed by atoms with Gasteiger partial charge in [-0.2, -0.15) is 5.10 Å². The number of nitrogens with zero attached hydrogens (tertiary/aromatic N) is 1. The van der Waals surface area contributed by atoms with Crippen molar-refractivity contribution in [3.8, 4) is 5.75 Å². The fourth-order valence-electron chi connectivity index (χ4n) is 1.72. The van der Waals surface area contributed by atoms with E-state index < -0.39 is 6.04 Å². The van der Waals surface area contributed by atoms with Crippen LogP contribution in [0.4, 0.5) is 5.69 Å². The monoisotopic (exact) mass is 317 g/mol. The van der Waals surface area contributed by atoms with Gasteiger partial charge in [0.15, 0.2) is 0 Å². The first-order valence-electron chi connectivity index (χ1n) is 6.69. The quantitative estimate of drug-likeness (QED) is 0.586. The number of hydrazone groups is 1. The Kier molecular flexibility index (Phi) is 5.38. The first-order chi connectivity index (χ1) is 10.6. The maximum Gasteiger partial charge on any atom is 0.262 e. The van der Waals surface area contributed by atoms with Gasteiger partial charge in [0.1, 0.15) is 11.8 Å².